The van der Waals surface area contributed by atoms with Crippen molar-refractivity contribution in [3.05, 3.63) is 29.1 Å². The standard InChI is InChI=1S/C24H32N2O3S/c1-16-14-26(15-17(2)28-16)24(27)23-13-18-12-21(6-7-22(18)30-23)29-20-8-10-25(11-9-20)19-4-3-5-19/h6-7,12-13,16-17,19-20H,3-5,8-11,14-15H2,1-2H3. The molecule has 5 nitrogen and oxygen atoms in total. The zero-order valence-corrected chi connectivity index (χ0v) is 18.8. The Morgan fingerprint density at radius 1 is 1.07 bits per heavy atom. The highest BCUT2D eigenvalue weighted by Gasteiger charge is 2.30. The van der Waals surface area contributed by atoms with Crippen LogP contribution >= 0.6 is 11.3 Å². The Balaban J connectivity index is 1.23. The Hall–Kier alpha value is -1.63. The minimum Gasteiger partial charge on any atom is -0.490 e. The summed E-state index contributed by atoms with van der Waals surface area (Å²) in [6.45, 7) is 7.69. The number of likely N-dealkylation sites (tertiary alicyclic amines) is 1. The molecular weight excluding hydrogens is 396 g/mol. The lowest BCUT2D eigenvalue weighted by molar-refractivity contribution is -0.0585. The molecule has 0 spiro atoms. The Morgan fingerprint density at radius 3 is 2.47 bits per heavy atom. The lowest BCUT2D eigenvalue weighted by Gasteiger charge is -2.41. The summed E-state index contributed by atoms with van der Waals surface area (Å²) in [5.41, 5.74) is 0. The van der Waals surface area contributed by atoms with E-state index < -0.39 is 0 Å². The summed E-state index contributed by atoms with van der Waals surface area (Å²) in [5.74, 6) is 1.04. The van der Waals surface area contributed by atoms with Gasteiger partial charge >= 0.3 is 0 Å². The van der Waals surface area contributed by atoms with Crippen molar-refractivity contribution in [2.75, 3.05) is 26.2 Å². The molecule has 3 aliphatic rings. The number of hydrogen-bond acceptors (Lipinski definition) is 5. The first-order valence-electron chi connectivity index (χ1n) is 11.4. The van der Waals surface area contributed by atoms with E-state index in [1.54, 1.807) is 11.3 Å². The molecule has 2 atom stereocenters. The van der Waals surface area contributed by atoms with Crippen LogP contribution in [0.2, 0.25) is 0 Å². The second kappa shape index (κ2) is 8.48. The van der Waals surface area contributed by atoms with Gasteiger partial charge in [-0.05, 0) is 69.2 Å². The molecule has 30 heavy (non-hydrogen) atoms. The zero-order valence-electron chi connectivity index (χ0n) is 18.0. The highest BCUT2D eigenvalue weighted by molar-refractivity contribution is 7.20. The van der Waals surface area contributed by atoms with Crippen molar-refractivity contribution in [3.63, 3.8) is 0 Å². The minimum absolute atomic E-state index is 0.0859. The van der Waals surface area contributed by atoms with Crippen LogP contribution in [0.1, 0.15) is 55.6 Å². The number of amides is 1. The summed E-state index contributed by atoms with van der Waals surface area (Å²) in [5, 5.41) is 1.10. The molecule has 162 valence electrons. The van der Waals surface area contributed by atoms with E-state index in [9.17, 15) is 4.79 Å². The largest absolute Gasteiger partial charge is 0.490 e. The molecule has 0 bridgehead atoms. The van der Waals surface area contributed by atoms with Crippen LogP contribution in [0.25, 0.3) is 10.1 Å². The van der Waals surface area contributed by atoms with E-state index in [1.165, 1.54) is 19.3 Å². The normalized spacial score (nSPS) is 26.7. The third-order valence-electron chi connectivity index (χ3n) is 6.78. The van der Waals surface area contributed by atoms with Crippen LogP contribution in [-0.2, 0) is 4.74 Å². The van der Waals surface area contributed by atoms with Gasteiger partial charge in [-0.3, -0.25) is 4.79 Å². The van der Waals surface area contributed by atoms with Gasteiger partial charge in [0, 0.05) is 36.9 Å². The van der Waals surface area contributed by atoms with Crippen LogP contribution in [0.5, 0.6) is 5.75 Å². The molecule has 0 radical (unpaired) electrons. The third kappa shape index (κ3) is 4.23. The van der Waals surface area contributed by atoms with E-state index in [0.717, 1.165) is 52.7 Å². The molecule has 2 aromatic rings. The van der Waals surface area contributed by atoms with Crippen molar-refractivity contribution >= 4 is 27.3 Å². The molecule has 1 saturated carbocycles. The maximum absolute atomic E-state index is 13.0. The van der Waals surface area contributed by atoms with Crippen LogP contribution in [0, 0.1) is 0 Å². The van der Waals surface area contributed by atoms with Crippen molar-refractivity contribution < 1.29 is 14.3 Å². The number of hydrogen-bond donors (Lipinski definition) is 0. The van der Waals surface area contributed by atoms with Gasteiger partial charge in [0.15, 0.2) is 0 Å². The molecule has 2 aliphatic heterocycles. The molecule has 1 aromatic heterocycles. The lowest BCUT2D eigenvalue weighted by Crippen LogP contribution is -2.48. The van der Waals surface area contributed by atoms with E-state index >= 15 is 0 Å². The van der Waals surface area contributed by atoms with E-state index in [0.29, 0.717) is 19.2 Å². The summed E-state index contributed by atoms with van der Waals surface area (Å²) in [6, 6.07) is 9.12. The number of morpholine rings is 1. The van der Waals surface area contributed by atoms with Crippen molar-refractivity contribution in [1.29, 1.82) is 0 Å². The van der Waals surface area contributed by atoms with Gasteiger partial charge in [-0.2, -0.15) is 0 Å². The zero-order chi connectivity index (χ0) is 20.7. The predicted molar refractivity (Wildman–Crippen MR) is 121 cm³/mol. The molecule has 3 fully saturated rings. The predicted octanol–water partition coefficient (Wildman–Crippen LogP) is 4.55. The number of fused-ring (bicyclic) bond motifs is 1. The SMILES string of the molecule is CC1CN(C(=O)c2cc3cc(OC4CCN(C5CCC5)CC4)ccc3s2)CC(C)O1. The van der Waals surface area contributed by atoms with Crippen LogP contribution in [0.15, 0.2) is 24.3 Å². The second-order valence-electron chi connectivity index (χ2n) is 9.22. The van der Waals surface area contributed by atoms with Gasteiger partial charge in [-0.1, -0.05) is 6.42 Å². The van der Waals surface area contributed by atoms with Crippen molar-refractivity contribution in [1.82, 2.24) is 9.80 Å². The molecule has 6 heteroatoms. The molecule has 1 amide bonds. The molecule has 1 aliphatic carbocycles. The average Bonchev–Trinajstić information content (AvgIpc) is 3.10. The maximum Gasteiger partial charge on any atom is 0.264 e. The van der Waals surface area contributed by atoms with Crippen LogP contribution in [-0.4, -0.2) is 66.2 Å². The van der Waals surface area contributed by atoms with E-state index in [1.807, 2.05) is 24.8 Å². The van der Waals surface area contributed by atoms with E-state index in [-0.39, 0.29) is 18.1 Å². The molecular formula is C24H32N2O3S. The lowest BCUT2D eigenvalue weighted by atomic mass is 9.90. The number of nitrogens with zero attached hydrogens (tertiary/aromatic N) is 2. The Labute approximate surface area is 182 Å². The van der Waals surface area contributed by atoms with Gasteiger partial charge in [0.05, 0.1) is 17.1 Å². The molecule has 2 unspecified atom stereocenters. The Bertz CT molecular complexity index is 891. The van der Waals surface area contributed by atoms with Gasteiger partial charge < -0.3 is 19.3 Å². The number of thiophene rings is 1. The maximum atomic E-state index is 13.0. The minimum atomic E-state index is 0.0859. The molecule has 1 aromatic carbocycles. The van der Waals surface area contributed by atoms with Gasteiger partial charge in [0.2, 0.25) is 0 Å². The first kappa shape index (κ1) is 20.3. The van der Waals surface area contributed by atoms with Crippen LogP contribution in [0.3, 0.4) is 0 Å². The number of ether oxygens (including phenoxy) is 2. The third-order valence-corrected chi connectivity index (χ3v) is 7.88. The summed E-state index contributed by atoms with van der Waals surface area (Å²) >= 11 is 1.57. The van der Waals surface area contributed by atoms with Crippen LogP contribution in [0.4, 0.5) is 0 Å². The van der Waals surface area contributed by atoms with E-state index in [4.69, 9.17) is 9.47 Å². The summed E-state index contributed by atoms with van der Waals surface area (Å²) in [6.07, 6.45) is 6.84. The number of rotatable bonds is 4. The number of carbonyl (C=O) groups excluding carboxylic acids is 1. The average molecular weight is 429 g/mol. The fourth-order valence-electron chi connectivity index (χ4n) is 5.00. The monoisotopic (exact) mass is 428 g/mol. The van der Waals surface area contributed by atoms with Gasteiger partial charge in [0.1, 0.15) is 11.9 Å². The van der Waals surface area contributed by atoms with Crippen LogP contribution < -0.4 is 4.74 Å². The Kier molecular flexibility index (Phi) is 5.73. The first-order chi connectivity index (χ1) is 14.5. The highest BCUT2D eigenvalue weighted by atomic mass is 32.1. The van der Waals surface area contributed by atoms with Crippen molar-refractivity contribution in [3.8, 4) is 5.75 Å². The Morgan fingerprint density at radius 2 is 1.80 bits per heavy atom. The van der Waals surface area contributed by atoms with Gasteiger partial charge in [-0.25, -0.2) is 0 Å². The fraction of sp³-hybridized carbons (Fsp3) is 0.625. The van der Waals surface area contributed by atoms with Crippen molar-refractivity contribution in [2.24, 2.45) is 0 Å². The quantitative estimate of drug-likeness (QED) is 0.717. The first-order valence-corrected chi connectivity index (χ1v) is 12.3. The topological polar surface area (TPSA) is 42.0 Å². The summed E-state index contributed by atoms with van der Waals surface area (Å²) in [4.78, 5) is 18.4. The summed E-state index contributed by atoms with van der Waals surface area (Å²) in [7, 11) is 0. The highest BCUT2D eigenvalue weighted by Crippen LogP contribution is 2.32. The molecule has 0 N–H and O–H groups in total. The number of benzene rings is 1. The fourth-order valence-corrected chi connectivity index (χ4v) is 6.01. The molecule has 2 saturated heterocycles. The number of carbonyl (C=O) groups is 1. The summed E-state index contributed by atoms with van der Waals surface area (Å²) < 4.78 is 13.2. The molecule has 3 heterocycles. The van der Waals surface area contributed by atoms with Gasteiger partial charge in [-0.15, -0.1) is 11.3 Å². The number of piperidine rings is 1. The van der Waals surface area contributed by atoms with E-state index in [2.05, 4.69) is 23.1 Å². The van der Waals surface area contributed by atoms with Crippen molar-refractivity contribution in [2.45, 2.75) is 70.3 Å². The smallest absolute Gasteiger partial charge is 0.264 e. The van der Waals surface area contributed by atoms with Gasteiger partial charge in [0.25, 0.3) is 5.91 Å². The second-order valence-corrected chi connectivity index (χ2v) is 10.3. The molecule has 5 rings (SSSR count).